The largest absolute Gasteiger partial charge is 0.328 e. The minimum absolute atomic E-state index is 0.466. The van der Waals surface area contributed by atoms with Crippen LogP contribution >= 0.6 is 0 Å². The van der Waals surface area contributed by atoms with Crippen LogP contribution in [-0.2, 0) is 0 Å². The Hall–Kier alpha value is -0.120. The molecule has 0 spiro atoms. The highest BCUT2D eigenvalue weighted by Crippen LogP contribution is 2.41. The van der Waals surface area contributed by atoms with Crippen molar-refractivity contribution in [3.63, 3.8) is 0 Å². The molecule has 2 saturated heterocycles. The Bertz CT molecular complexity index is 284. The first-order valence-electron chi connectivity index (χ1n) is 7.79. The number of hydrogen-bond donors (Lipinski definition) is 1. The van der Waals surface area contributed by atoms with E-state index in [0.717, 1.165) is 12.1 Å². The Morgan fingerprint density at radius 3 is 2.17 bits per heavy atom. The highest BCUT2D eigenvalue weighted by molar-refractivity contribution is 5.03. The average Bonchev–Trinajstić information content (AvgIpc) is 2.23. The van der Waals surface area contributed by atoms with E-state index in [-0.39, 0.29) is 0 Å². The molecule has 104 valence electrons. The van der Waals surface area contributed by atoms with E-state index in [4.69, 9.17) is 5.73 Å². The van der Waals surface area contributed by atoms with E-state index in [2.05, 4.69) is 23.9 Å². The summed E-state index contributed by atoms with van der Waals surface area (Å²) < 4.78 is 0. The van der Waals surface area contributed by atoms with Crippen LogP contribution in [0.3, 0.4) is 0 Å². The molecule has 3 rings (SSSR count). The van der Waals surface area contributed by atoms with Crippen molar-refractivity contribution < 1.29 is 0 Å². The van der Waals surface area contributed by atoms with Crippen LogP contribution in [0.5, 0.6) is 0 Å². The summed E-state index contributed by atoms with van der Waals surface area (Å²) in [5.74, 6) is 0. The van der Waals surface area contributed by atoms with Gasteiger partial charge in [-0.3, -0.25) is 4.90 Å². The number of nitrogens with two attached hydrogens (primary N) is 1. The molecular formula is C15H29N3. The SMILES string of the molecule is CN(C)C1(CN2C3CCCC2CC(N)C3)CCC1. The van der Waals surface area contributed by atoms with Gasteiger partial charge in [-0.25, -0.2) is 0 Å². The molecule has 2 N–H and O–H groups in total. The van der Waals surface area contributed by atoms with Gasteiger partial charge in [-0.05, 0) is 59.0 Å². The molecule has 0 radical (unpaired) electrons. The molecule has 0 aromatic heterocycles. The lowest BCUT2D eigenvalue weighted by molar-refractivity contribution is -0.0450. The normalized spacial score (nSPS) is 39.7. The number of piperidine rings is 2. The van der Waals surface area contributed by atoms with Gasteiger partial charge in [0.05, 0.1) is 0 Å². The van der Waals surface area contributed by atoms with Crippen molar-refractivity contribution >= 4 is 0 Å². The van der Waals surface area contributed by atoms with Gasteiger partial charge in [0.1, 0.15) is 0 Å². The fraction of sp³-hybridized carbons (Fsp3) is 1.00. The third-order valence-electron chi connectivity index (χ3n) is 5.87. The van der Waals surface area contributed by atoms with Crippen LogP contribution in [0.4, 0.5) is 0 Å². The van der Waals surface area contributed by atoms with Gasteiger partial charge in [-0.15, -0.1) is 0 Å². The van der Waals surface area contributed by atoms with E-state index in [0.29, 0.717) is 11.6 Å². The molecule has 18 heavy (non-hydrogen) atoms. The zero-order valence-corrected chi connectivity index (χ0v) is 12.1. The molecule has 2 unspecified atom stereocenters. The van der Waals surface area contributed by atoms with E-state index < -0.39 is 0 Å². The summed E-state index contributed by atoms with van der Waals surface area (Å²) in [6.07, 6.45) is 10.9. The number of hydrogen-bond acceptors (Lipinski definition) is 3. The second-order valence-electron chi connectivity index (χ2n) is 7.11. The van der Waals surface area contributed by atoms with Gasteiger partial charge in [0.2, 0.25) is 0 Å². The van der Waals surface area contributed by atoms with Gasteiger partial charge in [0.25, 0.3) is 0 Å². The second-order valence-corrected chi connectivity index (χ2v) is 7.11. The molecule has 2 aliphatic heterocycles. The summed E-state index contributed by atoms with van der Waals surface area (Å²) in [5, 5.41) is 0. The summed E-state index contributed by atoms with van der Waals surface area (Å²) in [6.45, 7) is 1.29. The second kappa shape index (κ2) is 4.77. The van der Waals surface area contributed by atoms with E-state index in [9.17, 15) is 0 Å². The average molecular weight is 251 g/mol. The maximum Gasteiger partial charge on any atom is 0.0330 e. The highest BCUT2D eigenvalue weighted by atomic mass is 15.3. The smallest absolute Gasteiger partial charge is 0.0330 e. The molecule has 0 aromatic rings. The maximum atomic E-state index is 6.22. The fourth-order valence-corrected chi connectivity index (χ4v) is 4.45. The molecule has 1 saturated carbocycles. The Kier molecular flexibility index (Phi) is 3.41. The number of nitrogens with zero attached hydrogens (tertiary/aromatic N) is 2. The molecule has 3 fully saturated rings. The van der Waals surface area contributed by atoms with Crippen molar-refractivity contribution in [1.82, 2.24) is 9.80 Å². The molecule has 1 aliphatic carbocycles. The maximum absolute atomic E-state index is 6.22. The Morgan fingerprint density at radius 2 is 1.72 bits per heavy atom. The minimum atomic E-state index is 0.466. The first-order chi connectivity index (χ1) is 8.61. The standard InChI is InChI=1S/C15H29N3/c1-17(2)15(7-4-8-15)11-18-13-5-3-6-14(18)10-12(16)9-13/h12-14H,3-11,16H2,1-2H3. The number of likely N-dealkylation sites (N-methyl/N-ethyl adjacent to an activating group) is 1. The van der Waals surface area contributed by atoms with Crippen molar-refractivity contribution in [2.24, 2.45) is 5.73 Å². The lowest BCUT2D eigenvalue weighted by Gasteiger charge is -2.56. The van der Waals surface area contributed by atoms with E-state index >= 15 is 0 Å². The minimum Gasteiger partial charge on any atom is -0.328 e. The lowest BCUT2D eigenvalue weighted by Crippen LogP contribution is -2.64. The molecule has 0 aromatic carbocycles. The number of fused-ring (bicyclic) bond motifs is 2. The van der Waals surface area contributed by atoms with Crippen molar-refractivity contribution in [2.45, 2.75) is 75.0 Å². The van der Waals surface area contributed by atoms with Crippen LogP contribution in [0.25, 0.3) is 0 Å². The predicted octanol–water partition coefficient (Wildman–Crippen LogP) is 1.81. The van der Waals surface area contributed by atoms with Gasteiger partial charge in [0, 0.05) is 30.2 Å². The quantitative estimate of drug-likeness (QED) is 0.830. The monoisotopic (exact) mass is 251 g/mol. The Labute approximate surface area is 112 Å². The lowest BCUT2D eigenvalue weighted by atomic mass is 9.73. The van der Waals surface area contributed by atoms with E-state index in [1.165, 1.54) is 57.9 Å². The zero-order valence-electron chi connectivity index (χ0n) is 12.1. The molecule has 0 amide bonds. The van der Waals surface area contributed by atoms with Crippen LogP contribution < -0.4 is 5.73 Å². The van der Waals surface area contributed by atoms with E-state index in [1.807, 2.05) is 0 Å². The first kappa shape index (κ1) is 12.9. The summed E-state index contributed by atoms with van der Waals surface area (Å²) in [4.78, 5) is 5.33. The molecule has 2 atom stereocenters. The van der Waals surface area contributed by atoms with Gasteiger partial charge in [-0.1, -0.05) is 6.42 Å². The summed E-state index contributed by atoms with van der Waals surface area (Å²) in [6, 6.07) is 2.03. The summed E-state index contributed by atoms with van der Waals surface area (Å²) in [5.41, 5.74) is 6.70. The molecule has 2 heterocycles. The molecule has 2 bridgehead atoms. The zero-order chi connectivity index (χ0) is 12.8. The molecule has 3 nitrogen and oxygen atoms in total. The number of rotatable bonds is 3. The van der Waals surface area contributed by atoms with Crippen molar-refractivity contribution in [3.05, 3.63) is 0 Å². The molecule has 3 aliphatic rings. The summed E-state index contributed by atoms with van der Waals surface area (Å²) in [7, 11) is 4.54. The van der Waals surface area contributed by atoms with Crippen LogP contribution in [0.15, 0.2) is 0 Å². The van der Waals surface area contributed by atoms with Crippen molar-refractivity contribution in [1.29, 1.82) is 0 Å². The van der Waals surface area contributed by atoms with Gasteiger partial charge < -0.3 is 10.6 Å². The van der Waals surface area contributed by atoms with Crippen LogP contribution in [0, 0.1) is 0 Å². The van der Waals surface area contributed by atoms with Crippen LogP contribution in [-0.4, -0.2) is 54.1 Å². The fourth-order valence-electron chi connectivity index (χ4n) is 4.45. The van der Waals surface area contributed by atoms with Crippen molar-refractivity contribution in [3.8, 4) is 0 Å². The van der Waals surface area contributed by atoms with E-state index in [1.54, 1.807) is 0 Å². The van der Waals surface area contributed by atoms with Crippen molar-refractivity contribution in [2.75, 3.05) is 20.6 Å². The highest BCUT2D eigenvalue weighted by Gasteiger charge is 2.45. The predicted molar refractivity (Wildman–Crippen MR) is 75.6 cm³/mol. The Morgan fingerprint density at radius 1 is 1.11 bits per heavy atom. The van der Waals surface area contributed by atoms with Crippen LogP contribution in [0.1, 0.15) is 51.4 Å². The third kappa shape index (κ3) is 2.10. The molecular weight excluding hydrogens is 222 g/mol. The van der Waals surface area contributed by atoms with Gasteiger partial charge in [-0.2, -0.15) is 0 Å². The summed E-state index contributed by atoms with van der Waals surface area (Å²) >= 11 is 0. The third-order valence-corrected chi connectivity index (χ3v) is 5.87. The topological polar surface area (TPSA) is 32.5 Å². The molecule has 3 heteroatoms. The first-order valence-corrected chi connectivity index (χ1v) is 7.79. The van der Waals surface area contributed by atoms with Crippen LogP contribution in [0.2, 0.25) is 0 Å². The Balaban J connectivity index is 1.72. The van der Waals surface area contributed by atoms with Gasteiger partial charge in [0.15, 0.2) is 0 Å². The van der Waals surface area contributed by atoms with Gasteiger partial charge >= 0.3 is 0 Å².